The molecule has 0 spiro atoms. The molecule has 0 rings (SSSR count). The SMILES string of the molecule is COC(=N)OC. The number of hydrogen-bond acceptors (Lipinski definition) is 3. The predicted octanol–water partition coefficient (Wildman–Crippen LogP) is 0.214. The normalized spacial score (nSPS) is 7.00. The Bertz CT molecular complexity index is 46.8. The Labute approximate surface area is 36.4 Å². The summed E-state index contributed by atoms with van der Waals surface area (Å²) in [5.41, 5.74) is 0. The van der Waals surface area contributed by atoms with Gasteiger partial charge in [0.1, 0.15) is 0 Å². The van der Waals surface area contributed by atoms with Gasteiger partial charge in [0.2, 0.25) is 0 Å². The topological polar surface area (TPSA) is 42.3 Å². The second kappa shape index (κ2) is 2.50. The highest BCUT2D eigenvalue weighted by Gasteiger charge is 1.81. The van der Waals surface area contributed by atoms with Gasteiger partial charge in [0.05, 0.1) is 14.2 Å². The fourth-order valence-electron chi connectivity index (χ4n) is 0.0833. The molecule has 0 unspecified atom stereocenters. The smallest absolute Gasteiger partial charge is 0.379 e. The summed E-state index contributed by atoms with van der Waals surface area (Å²) in [4.78, 5) is 0. The molecule has 0 heterocycles. The molecule has 0 bridgehead atoms. The molecule has 0 aliphatic rings. The van der Waals surface area contributed by atoms with E-state index in [2.05, 4.69) is 9.47 Å². The van der Waals surface area contributed by atoms with Crippen molar-refractivity contribution in [3.05, 3.63) is 0 Å². The van der Waals surface area contributed by atoms with Gasteiger partial charge in [-0.05, 0) is 0 Å². The summed E-state index contributed by atoms with van der Waals surface area (Å²) in [7, 11) is 2.76. The quantitative estimate of drug-likeness (QED) is 0.340. The average Bonchev–Trinajstić information content (AvgIpc) is 1.65. The third-order valence-corrected chi connectivity index (χ3v) is 0.371. The van der Waals surface area contributed by atoms with Crippen LogP contribution in [0.1, 0.15) is 0 Å². The van der Waals surface area contributed by atoms with E-state index in [0.29, 0.717) is 0 Å². The number of nitrogens with one attached hydrogen (secondary N) is 1. The summed E-state index contributed by atoms with van der Waals surface area (Å²) in [6.45, 7) is 0. The first-order valence-corrected chi connectivity index (χ1v) is 1.47. The molecular weight excluding hydrogens is 82.0 g/mol. The first-order chi connectivity index (χ1) is 2.81. The summed E-state index contributed by atoms with van der Waals surface area (Å²) in [5, 5.41) is 6.54. The molecule has 36 valence electrons. The van der Waals surface area contributed by atoms with Crippen molar-refractivity contribution >= 4 is 6.08 Å². The van der Waals surface area contributed by atoms with Gasteiger partial charge in [-0.15, -0.1) is 0 Å². The van der Waals surface area contributed by atoms with Crippen LogP contribution < -0.4 is 0 Å². The lowest BCUT2D eigenvalue weighted by atomic mass is 11.2. The third kappa shape index (κ3) is 1.58. The van der Waals surface area contributed by atoms with Gasteiger partial charge in [-0.25, -0.2) is 5.41 Å². The largest absolute Gasteiger partial charge is 0.454 e. The Balaban J connectivity index is 2.99. The van der Waals surface area contributed by atoms with Gasteiger partial charge in [-0.2, -0.15) is 0 Å². The summed E-state index contributed by atoms with van der Waals surface area (Å²) < 4.78 is 8.52. The van der Waals surface area contributed by atoms with E-state index in [0.717, 1.165) is 0 Å². The molecule has 0 amide bonds. The average molecular weight is 89.1 g/mol. The maximum Gasteiger partial charge on any atom is 0.379 e. The van der Waals surface area contributed by atoms with Crippen molar-refractivity contribution in [2.75, 3.05) is 14.2 Å². The van der Waals surface area contributed by atoms with Crippen LogP contribution in [0.4, 0.5) is 0 Å². The lowest BCUT2D eigenvalue weighted by Gasteiger charge is -1.94. The van der Waals surface area contributed by atoms with E-state index in [1.54, 1.807) is 0 Å². The molecule has 0 aromatic rings. The van der Waals surface area contributed by atoms with E-state index in [1.165, 1.54) is 14.2 Å². The second-order valence-corrected chi connectivity index (χ2v) is 0.696. The monoisotopic (exact) mass is 89.0 g/mol. The van der Waals surface area contributed by atoms with Crippen molar-refractivity contribution in [2.24, 2.45) is 0 Å². The summed E-state index contributed by atoms with van der Waals surface area (Å²) >= 11 is 0. The number of methoxy groups -OCH3 is 2. The maximum atomic E-state index is 6.54. The van der Waals surface area contributed by atoms with Gasteiger partial charge in [0.25, 0.3) is 0 Å². The minimum atomic E-state index is -0.157. The first kappa shape index (κ1) is 5.27. The molecule has 0 fully saturated rings. The Kier molecular flexibility index (Phi) is 2.20. The molecule has 0 saturated carbocycles. The van der Waals surface area contributed by atoms with Crippen molar-refractivity contribution in [3.63, 3.8) is 0 Å². The van der Waals surface area contributed by atoms with Gasteiger partial charge in [-0.3, -0.25) is 0 Å². The molecule has 0 atom stereocenters. The van der Waals surface area contributed by atoms with Gasteiger partial charge in [-0.1, -0.05) is 0 Å². The van der Waals surface area contributed by atoms with Crippen LogP contribution in [0.2, 0.25) is 0 Å². The molecular formula is C3H7NO2. The molecule has 0 aromatic carbocycles. The first-order valence-electron chi connectivity index (χ1n) is 1.47. The third-order valence-electron chi connectivity index (χ3n) is 0.371. The van der Waals surface area contributed by atoms with E-state index >= 15 is 0 Å². The van der Waals surface area contributed by atoms with Crippen LogP contribution in [0, 0.1) is 5.41 Å². The van der Waals surface area contributed by atoms with Gasteiger partial charge in [0.15, 0.2) is 0 Å². The molecule has 0 aromatic heterocycles. The highest BCUT2D eigenvalue weighted by Crippen LogP contribution is 1.68. The van der Waals surface area contributed by atoms with E-state index in [-0.39, 0.29) is 6.08 Å². The predicted molar refractivity (Wildman–Crippen MR) is 21.7 cm³/mol. The minimum Gasteiger partial charge on any atom is -0.454 e. The fraction of sp³-hybridized carbons (Fsp3) is 0.667. The maximum absolute atomic E-state index is 6.54. The summed E-state index contributed by atoms with van der Waals surface area (Å²) in [6.07, 6.45) is -0.157. The number of ether oxygens (including phenoxy) is 2. The molecule has 1 N–H and O–H groups in total. The van der Waals surface area contributed by atoms with Crippen LogP contribution in [0.25, 0.3) is 0 Å². The zero-order chi connectivity index (χ0) is 4.99. The zero-order valence-corrected chi connectivity index (χ0v) is 3.82. The highest BCUT2D eigenvalue weighted by molar-refractivity contribution is 5.62. The van der Waals surface area contributed by atoms with E-state index < -0.39 is 0 Å². The summed E-state index contributed by atoms with van der Waals surface area (Å²) in [6, 6.07) is 0. The van der Waals surface area contributed by atoms with Gasteiger partial charge < -0.3 is 9.47 Å². The molecule has 0 saturated heterocycles. The Morgan fingerprint density at radius 3 is 1.67 bits per heavy atom. The van der Waals surface area contributed by atoms with E-state index in [9.17, 15) is 0 Å². The molecule has 6 heavy (non-hydrogen) atoms. The van der Waals surface area contributed by atoms with Crippen molar-refractivity contribution in [2.45, 2.75) is 0 Å². The van der Waals surface area contributed by atoms with Crippen LogP contribution in [-0.2, 0) is 9.47 Å². The van der Waals surface area contributed by atoms with Crippen LogP contribution >= 0.6 is 0 Å². The van der Waals surface area contributed by atoms with Gasteiger partial charge in [0, 0.05) is 0 Å². The van der Waals surface area contributed by atoms with E-state index in [1.807, 2.05) is 0 Å². The van der Waals surface area contributed by atoms with Crippen molar-refractivity contribution in [1.82, 2.24) is 0 Å². The Hall–Kier alpha value is -0.730. The van der Waals surface area contributed by atoms with Crippen LogP contribution in [0.3, 0.4) is 0 Å². The molecule has 3 nitrogen and oxygen atoms in total. The molecule has 0 radical (unpaired) electrons. The summed E-state index contributed by atoms with van der Waals surface area (Å²) in [5.74, 6) is 0. The second-order valence-electron chi connectivity index (χ2n) is 0.696. The van der Waals surface area contributed by atoms with Gasteiger partial charge >= 0.3 is 6.08 Å². The zero-order valence-electron chi connectivity index (χ0n) is 3.82. The molecule has 0 aliphatic heterocycles. The van der Waals surface area contributed by atoms with Crippen LogP contribution in [0.5, 0.6) is 0 Å². The van der Waals surface area contributed by atoms with Crippen molar-refractivity contribution < 1.29 is 9.47 Å². The van der Waals surface area contributed by atoms with Crippen molar-refractivity contribution in [3.8, 4) is 0 Å². The Morgan fingerprint density at radius 2 is 1.67 bits per heavy atom. The molecule has 0 aliphatic carbocycles. The lowest BCUT2D eigenvalue weighted by molar-refractivity contribution is 0.238. The standard InChI is InChI=1S/C3H7NO2/c1-5-3(4)6-2/h4H,1-2H3. The van der Waals surface area contributed by atoms with Crippen LogP contribution in [-0.4, -0.2) is 20.3 Å². The Morgan fingerprint density at radius 1 is 1.33 bits per heavy atom. The lowest BCUT2D eigenvalue weighted by Crippen LogP contribution is -1.99. The highest BCUT2D eigenvalue weighted by atomic mass is 16.7. The van der Waals surface area contributed by atoms with E-state index in [4.69, 9.17) is 5.41 Å². The molecule has 3 heteroatoms. The van der Waals surface area contributed by atoms with Crippen molar-refractivity contribution in [1.29, 1.82) is 5.41 Å². The van der Waals surface area contributed by atoms with Crippen LogP contribution in [0.15, 0.2) is 0 Å². The minimum absolute atomic E-state index is 0.157. The number of rotatable bonds is 0. The fourth-order valence-corrected chi connectivity index (χ4v) is 0.0833. The number of hydrogen-bond donors (Lipinski definition) is 1.